The number of methoxy groups -OCH3 is 7. The number of quaternary nitrogens is 2. The number of hydrogen-bond acceptors (Lipinski definition) is 8. The molecule has 2 heterocycles. The molecule has 10 nitrogen and oxygen atoms in total. The van der Waals surface area contributed by atoms with Gasteiger partial charge in [-0.3, -0.25) is 0 Å². The Hall–Kier alpha value is -4.80. The van der Waals surface area contributed by atoms with E-state index in [-0.39, 0.29) is 12.1 Å². The van der Waals surface area contributed by atoms with Crippen LogP contribution in [0.3, 0.4) is 0 Å². The summed E-state index contributed by atoms with van der Waals surface area (Å²) in [4.78, 5) is 2.89. The fraction of sp³-hybridized carbons (Fsp3) is 0.415. The second-order valence-electron chi connectivity index (χ2n) is 13.7. The zero-order valence-electron chi connectivity index (χ0n) is 31.2. The van der Waals surface area contributed by atoms with Gasteiger partial charge in [-0.2, -0.15) is 0 Å². The van der Waals surface area contributed by atoms with E-state index in [1.54, 1.807) is 49.8 Å². The minimum absolute atomic E-state index is 0.136. The Kier molecular flexibility index (Phi) is 9.56. The van der Waals surface area contributed by atoms with Crippen molar-refractivity contribution in [2.24, 2.45) is 0 Å². The normalized spacial score (nSPS) is 19.9. The van der Waals surface area contributed by atoms with E-state index in [4.69, 9.17) is 37.9 Å². The van der Waals surface area contributed by atoms with E-state index in [0.29, 0.717) is 35.2 Å². The van der Waals surface area contributed by atoms with Crippen LogP contribution in [-0.4, -0.2) is 77.0 Å². The molecule has 1 aliphatic carbocycles. The summed E-state index contributed by atoms with van der Waals surface area (Å²) in [5.74, 6) is 6.18. The standard InChI is InChI=1S/C41H48N2O8/c1-42-12-10-23-16-32(44-3)34(46-5)20-27(23)29(42)15-26-19-33(45-4)36(48-7)22-31(26)51-37-18-25-14-30-39-24(11-13-43(30)2)17-38(49-8)41(50-9)40(39)28(25)21-35(37)47-6/h16-22,29-30H,10-15H2,1-9H3/p+2. The number of hydrogen-bond donors (Lipinski definition) is 2. The second kappa shape index (κ2) is 14.1. The molecule has 270 valence electrons. The summed E-state index contributed by atoms with van der Waals surface area (Å²) >= 11 is 0. The Morgan fingerprint density at radius 3 is 1.80 bits per heavy atom. The first-order chi connectivity index (χ1) is 24.8. The number of benzene rings is 4. The molecule has 3 aliphatic rings. The summed E-state index contributed by atoms with van der Waals surface area (Å²) in [6.45, 7) is 2.04. The lowest BCUT2D eigenvalue weighted by molar-refractivity contribution is -0.914. The molecule has 0 bridgehead atoms. The fourth-order valence-electron chi connectivity index (χ4n) is 8.45. The molecule has 0 saturated carbocycles. The first kappa shape index (κ1) is 34.6. The first-order valence-electron chi connectivity index (χ1n) is 17.6. The monoisotopic (exact) mass is 698 g/mol. The molecule has 0 aromatic heterocycles. The van der Waals surface area contributed by atoms with Crippen molar-refractivity contribution in [3.63, 3.8) is 0 Å². The minimum Gasteiger partial charge on any atom is -0.493 e. The fourth-order valence-corrected chi connectivity index (χ4v) is 8.45. The topological polar surface area (TPSA) is 82.7 Å². The van der Waals surface area contributed by atoms with Gasteiger partial charge in [-0.05, 0) is 58.7 Å². The lowest BCUT2D eigenvalue weighted by Crippen LogP contribution is -3.10. The molecule has 10 heteroatoms. The summed E-state index contributed by atoms with van der Waals surface area (Å²) < 4.78 is 47.9. The zero-order chi connectivity index (χ0) is 36.0. The lowest BCUT2D eigenvalue weighted by atomic mass is 9.76. The highest BCUT2D eigenvalue weighted by Crippen LogP contribution is 2.52. The third-order valence-electron chi connectivity index (χ3n) is 11.2. The average molecular weight is 699 g/mol. The maximum absolute atomic E-state index is 6.93. The molecule has 4 atom stereocenters. The van der Waals surface area contributed by atoms with Crippen LogP contribution < -0.4 is 47.7 Å². The highest BCUT2D eigenvalue weighted by atomic mass is 16.5. The third kappa shape index (κ3) is 5.94. The quantitative estimate of drug-likeness (QED) is 0.241. The highest BCUT2D eigenvalue weighted by Gasteiger charge is 2.40. The lowest BCUT2D eigenvalue weighted by Gasteiger charge is -2.38. The number of nitrogens with one attached hydrogen (secondary N) is 2. The van der Waals surface area contributed by atoms with Gasteiger partial charge in [-0.25, -0.2) is 0 Å². The summed E-state index contributed by atoms with van der Waals surface area (Å²) in [7, 11) is 16.3. The third-order valence-corrected chi connectivity index (χ3v) is 11.2. The summed E-state index contributed by atoms with van der Waals surface area (Å²) in [6.07, 6.45) is 3.51. The SMILES string of the molecule is COc1cc(CC2c3cc(OC)c(OC)cc3CC[NH+]2C)c(Oc2cc3c(cc2OC)-c2c(OC)c(OC)cc4c2C(C3)[NH+](C)CC4)cc1OC. The van der Waals surface area contributed by atoms with E-state index in [0.717, 1.165) is 72.0 Å². The van der Waals surface area contributed by atoms with Gasteiger partial charge in [0.1, 0.15) is 17.8 Å². The molecule has 7 rings (SSSR count). The van der Waals surface area contributed by atoms with Gasteiger partial charge >= 0.3 is 0 Å². The van der Waals surface area contributed by atoms with Crippen molar-refractivity contribution in [2.45, 2.75) is 37.8 Å². The van der Waals surface area contributed by atoms with Crippen molar-refractivity contribution >= 4 is 0 Å². The van der Waals surface area contributed by atoms with Crippen LogP contribution in [0.2, 0.25) is 0 Å². The van der Waals surface area contributed by atoms with Crippen LogP contribution in [0.15, 0.2) is 42.5 Å². The van der Waals surface area contributed by atoms with Crippen molar-refractivity contribution in [3.05, 3.63) is 75.8 Å². The molecule has 4 aromatic carbocycles. The molecule has 4 aromatic rings. The van der Waals surface area contributed by atoms with Gasteiger partial charge in [-0.15, -0.1) is 0 Å². The van der Waals surface area contributed by atoms with E-state index < -0.39 is 0 Å². The van der Waals surface area contributed by atoms with Crippen LogP contribution in [0.5, 0.6) is 51.7 Å². The molecular formula is C41H50N2O8+2. The maximum atomic E-state index is 6.93. The van der Waals surface area contributed by atoms with Gasteiger partial charge < -0.3 is 47.7 Å². The summed E-state index contributed by atoms with van der Waals surface area (Å²) in [5, 5.41) is 0. The van der Waals surface area contributed by atoms with E-state index in [1.807, 2.05) is 12.1 Å². The van der Waals surface area contributed by atoms with Crippen molar-refractivity contribution < 1.29 is 47.7 Å². The van der Waals surface area contributed by atoms with Gasteiger partial charge in [0, 0.05) is 54.0 Å². The van der Waals surface area contributed by atoms with Crippen LogP contribution >= 0.6 is 0 Å². The number of likely N-dealkylation sites (N-methyl/N-ethyl adjacent to an activating group) is 2. The van der Waals surface area contributed by atoms with Crippen LogP contribution in [0.4, 0.5) is 0 Å². The average Bonchev–Trinajstić information content (AvgIpc) is 3.16. The Bertz CT molecular complexity index is 1960. The Morgan fingerprint density at radius 2 is 1.12 bits per heavy atom. The number of fused-ring (bicyclic) bond motifs is 3. The highest BCUT2D eigenvalue weighted by molar-refractivity contribution is 5.85. The van der Waals surface area contributed by atoms with Crippen LogP contribution in [0, 0.1) is 0 Å². The predicted octanol–water partition coefficient (Wildman–Crippen LogP) is 4.23. The first-order valence-corrected chi connectivity index (χ1v) is 17.6. The maximum Gasteiger partial charge on any atom is 0.169 e. The van der Waals surface area contributed by atoms with E-state index in [1.165, 1.54) is 37.6 Å². The van der Waals surface area contributed by atoms with Gasteiger partial charge in [0.15, 0.2) is 46.0 Å². The molecule has 0 fully saturated rings. The smallest absolute Gasteiger partial charge is 0.169 e. The largest absolute Gasteiger partial charge is 0.493 e. The molecular weight excluding hydrogens is 648 g/mol. The van der Waals surface area contributed by atoms with Gasteiger partial charge in [0.25, 0.3) is 0 Å². The predicted molar refractivity (Wildman–Crippen MR) is 195 cm³/mol. The Labute approximate surface area is 300 Å². The number of ether oxygens (including phenoxy) is 8. The molecule has 0 amide bonds. The van der Waals surface area contributed by atoms with Gasteiger partial charge in [0.05, 0.1) is 77.0 Å². The van der Waals surface area contributed by atoms with E-state index in [2.05, 4.69) is 44.4 Å². The molecule has 4 unspecified atom stereocenters. The molecule has 2 N–H and O–H groups in total. The summed E-state index contributed by atoms with van der Waals surface area (Å²) in [5.41, 5.74) is 9.52. The summed E-state index contributed by atoms with van der Waals surface area (Å²) in [6, 6.07) is 15.0. The second-order valence-corrected chi connectivity index (χ2v) is 13.7. The van der Waals surface area contributed by atoms with Gasteiger partial charge in [-0.1, -0.05) is 0 Å². The minimum atomic E-state index is 0.136. The van der Waals surface area contributed by atoms with Crippen molar-refractivity contribution in [1.82, 2.24) is 0 Å². The molecule has 0 saturated heterocycles. The van der Waals surface area contributed by atoms with Crippen molar-refractivity contribution in [2.75, 3.05) is 77.0 Å². The van der Waals surface area contributed by atoms with E-state index in [9.17, 15) is 0 Å². The molecule has 51 heavy (non-hydrogen) atoms. The molecule has 2 aliphatic heterocycles. The zero-order valence-corrected chi connectivity index (χ0v) is 31.2. The van der Waals surface area contributed by atoms with E-state index >= 15 is 0 Å². The number of rotatable bonds is 11. The molecule has 0 spiro atoms. The van der Waals surface area contributed by atoms with Crippen molar-refractivity contribution in [3.8, 4) is 62.9 Å². The van der Waals surface area contributed by atoms with Gasteiger partial charge in [0.2, 0.25) is 0 Å². The Morgan fingerprint density at radius 1 is 0.549 bits per heavy atom. The van der Waals surface area contributed by atoms with Crippen LogP contribution in [0.1, 0.15) is 45.5 Å². The van der Waals surface area contributed by atoms with Crippen molar-refractivity contribution in [1.29, 1.82) is 0 Å². The molecule has 0 radical (unpaired) electrons. The Balaban J connectivity index is 1.34. The van der Waals surface area contributed by atoms with Crippen LogP contribution in [-0.2, 0) is 25.7 Å². The van der Waals surface area contributed by atoms with Crippen LogP contribution in [0.25, 0.3) is 11.1 Å².